The average molecular weight is 258 g/mol. The Morgan fingerprint density at radius 3 is 2.33 bits per heavy atom. The third-order valence-corrected chi connectivity index (χ3v) is 3.12. The zero-order chi connectivity index (χ0) is 14.0. The summed E-state index contributed by atoms with van der Waals surface area (Å²) in [4.78, 5) is 24.9. The Morgan fingerprint density at radius 2 is 1.89 bits per heavy atom. The van der Waals surface area contributed by atoms with Crippen molar-refractivity contribution in [2.75, 3.05) is 33.8 Å². The molecule has 0 saturated carbocycles. The van der Waals surface area contributed by atoms with Crippen LogP contribution in [0.15, 0.2) is 0 Å². The smallest absolute Gasteiger partial charge is 0.325 e. The van der Waals surface area contributed by atoms with Crippen molar-refractivity contribution in [2.24, 2.45) is 5.92 Å². The van der Waals surface area contributed by atoms with E-state index in [1.165, 1.54) is 7.11 Å². The molecule has 0 aromatic rings. The van der Waals surface area contributed by atoms with Crippen LogP contribution in [0.1, 0.15) is 33.1 Å². The first-order valence-corrected chi connectivity index (χ1v) is 6.58. The van der Waals surface area contributed by atoms with E-state index >= 15 is 0 Å². The summed E-state index contributed by atoms with van der Waals surface area (Å²) in [6, 6.07) is 0. The van der Waals surface area contributed by atoms with E-state index in [4.69, 9.17) is 0 Å². The molecule has 0 aromatic heterocycles. The fourth-order valence-corrected chi connectivity index (χ4v) is 1.72. The van der Waals surface area contributed by atoms with E-state index < -0.39 is 0 Å². The summed E-state index contributed by atoms with van der Waals surface area (Å²) < 4.78 is 4.64. The van der Waals surface area contributed by atoms with Gasteiger partial charge in [-0.1, -0.05) is 26.7 Å². The summed E-state index contributed by atoms with van der Waals surface area (Å²) in [5, 5.41) is 2.94. The lowest BCUT2D eigenvalue weighted by molar-refractivity contribution is -0.147. The molecule has 0 aliphatic rings. The van der Waals surface area contributed by atoms with Gasteiger partial charge in [-0.15, -0.1) is 0 Å². The Kier molecular flexibility index (Phi) is 9.28. The Balaban J connectivity index is 4.49. The number of methoxy groups -OCH3 is 1. The van der Waals surface area contributed by atoms with E-state index in [-0.39, 0.29) is 18.4 Å². The lowest BCUT2D eigenvalue weighted by Gasteiger charge is -2.25. The van der Waals surface area contributed by atoms with Gasteiger partial charge in [-0.25, -0.2) is 0 Å². The fraction of sp³-hybridized carbons (Fsp3) is 0.846. The molecule has 0 unspecified atom stereocenters. The van der Waals surface area contributed by atoms with Crippen LogP contribution in [0.25, 0.3) is 0 Å². The summed E-state index contributed by atoms with van der Waals surface area (Å²) in [7, 11) is 3.15. The zero-order valence-corrected chi connectivity index (χ0v) is 12.0. The first-order chi connectivity index (χ1) is 8.58. The van der Waals surface area contributed by atoms with Crippen LogP contribution in [0.2, 0.25) is 0 Å². The molecule has 0 rings (SSSR count). The number of carbonyl (C=O) groups is 2. The van der Waals surface area contributed by atoms with E-state index in [9.17, 15) is 9.59 Å². The van der Waals surface area contributed by atoms with Crippen molar-refractivity contribution in [2.45, 2.75) is 33.1 Å². The molecule has 0 saturated heterocycles. The third kappa shape index (κ3) is 6.59. The molecule has 18 heavy (non-hydrogen) atoms. The Hall–Kier alpha value is -1.10. The minimum atomic E-state index is -0.362. The molecule has 5 heteroatoms. The van der Waals surface area contributed by atoms with Gasteiger partial charge in [-0.2, -0.15) is 0 Å². The van der Waals surface area contributed by atoms with Gasteiger partial charge in [-0.05, 0) is 13.0 Å². The largest absolute Gasteiger partial charge is 0.468 e. The van der Waals surface area contributed by atoms with Crippen molar-refractivity contribution in [3.05, 3.63) is 0 Å². The van der Waals surface area contributed by atoms with Crippen molar-refractivity contribution < 1.29 is 14.3 Å². The van der Waals surface area contributed by atoms with E-state index in [0.29, 0.717) is 25.4 Å². The second-order valence-electron chi connectivity index (χ2n) is 4.39. The van der Waals surface area contributed by atoms with Gasteiger partial charge in [0, 0.05) is 19.5 Å². The predicted octanol–water partition coefficient (Wildman–Crippen LogP) is 1.03. The van der Waals surface area contributed by atoms with Crippen LogP contribution in [0.3, 0.4) is 0 Å². The van der Waals surface area contributed by atoms with E-state index in [1.54, 1.807) is 11.9 Å². The van der Waals surface area contributed by atoms with Gasteiger partial charge in [0.25, 0.3) is 0 Å². The molecule has 0 aromatic carbocycles. The minimum absolute atomic E-state index is 0.00153. The van der Waals surface area contributed by atoms with Crippen LogP contribution in [0.4, 0.5) is 0 Å². The second kappa shape index (κ2) is 9.88. The third-order valence-electron chi connectivity index (χ3n) is 3.12. The molecule has 106 valence electrons. The monoisotopic (exact) mass is 258 g/mol. The molecule has 1 amide bonds. The number of nitrogens with one attached hydrogen (secondary N) is 1. The number of amides is 1. The van der Waals surface area contributed by atoms with Gasteiger partial charge in [0.2, 0.25) is 5.91 Å². The Bertz CT molecular complexity index is 253. The molecule has 0 radical (unpaired) electrons. The van der Waals surface area contributed by atoms with Crippen LogP contribution in [0.5, 0.6) is 0 Å². The molecule has 0 fully saturated rings. The van der Waals surface area contributed by atoms with Gasteiger partial charge in [0.15, 0.2) is 0 Å². The van der Waals surface area contributed by atoms with E-state index in [2.05, 4.69) is 23.9 Å². The molecule has 5 nitrogen and oxygen atoms in total. The highest BCUT2D eigenvalue weighted by Gasteiger charge is 2.19. The van der Waals surface area contributed by atoms with Gasteiger partial charge >= 0.3 is 5.97 Å². The molecule has 0 heterocycles. The first kappa shape index (κ1) is 16.9. The lowest BCUT2D eigenvalue weighted by atomic mass is 10.0. The summed E-state index contributed by atoms with van der Waals surface area (Å²) in [5.41, 5.74) is 0. The highest BCUT2D eigenvalue weighted by Crippen LogP contribution is 2.11. The maximum atomic E-state index is 12.0. The number of esters is 1. The van der Waals surface area contributed by atoms with Crippen molar-refractivity contribution in [1.29, 1.82) is 0 Å². The van der Waals surface area contributed by atoms with Crippen LogP contribution >= 0.6 is 0 Å². The van der Waals surface area contributed by atoms with E-state index in [0.717, 1.165) is 12.8 Å². The number of rotatable bonds is 9. The van der Waals surface area contributed by atoms with Crippen LogP contribution < -0.4 is 5.32 Å². The summed E-state index contributed by atoms with van der Waals surface area (Å²) in [5.74, 6) is 0.0774. The molecule has 1 N–H and O–H groups in total. The normalized spacial score (nSPS) is 10.5. The first-order valence-electron chi connectivity index (χ1n) is 6.58. The molecule has 0 atom stereocenters. The number of carbonyl (C=O) groups excluding carboxylic acids is 2. The van der Waals surface area contributed by atoms with E-state index in [1.807, 2.05) is 0 Å². The molecule has 0 aliphatic heterocycles. The van der Waals surface area contributed by atoms with Crippen molar-refractivity contribution >= 4 is 11.9 Å². The maximum absolute atomic E-state index is 12.0. The molecule has 0 aliphatic carbocycles. The second-order valence-corrected chi connectivity index (χ2v) is 4.39. The van der Waals surface area contributed by atoms with Gasteiger partial charge in [0.05, 0.1) is 7.11 Å². The number of hydrogen-bond donors (Lipinski definition) is 1. The lowest BCUT2D eigenvalue weighted by Crippen LogP contribution is -2.40. The molecular formula is C13H26N2O3. The summed E-state index contributed by atoms with van der Waals surface area (Å²) in [6.45, 7) is 5.50. The average Bonchev–Trinajstić information content (AvgIpc) is 2.40. The predicted molar refractivity (Wildman–Crippen MR) is 71.2 cm³/mol. The van der Waals surface area contributed by atoms with Gasteiger partial charge in [-0.3, -0.25) is 9.59 Å². The number of nitrogens with zero attached hydrogens (tertiary/aromatic N) is 1. The quantitative estimate of drug-likeness (QED) is 0.628. The Morgan fingerprint density at radius 1 is 1.28 bits per heavy atom. The highest BCUT2D eigenvalue weighted by molar-refractivity contribution is 5.82. The molecule has 0 bridgehead atoms. The van der Waals surface area contributed by atoms with Crippen LogP contribution in [-0.2, 0) is 14.3 Å². The van der Waals surface area contributed by atoms with Crippen LogP contribution in [0, 0.1) is 5.92 Å². The molecule has 0 spiro atoms. The minimum Gasteiger partial charge on any atom is -0.468 e. The summed E-state index contributed by atoms with van der Waals surface area (Å²) in [6.07, 6.45) is 2.43. The maximum Gasteiger partial charge on any atom is 0.325 e. The topological polar surface area (TPSA) is 58.6 Å². The van der Waals surface area contributed by atoms with Gasteiger partial charge in [0.1, 0.15) is 6.54 Å². The number of hydrogen-bond acceptors (Lipinski definition) is 4. The van der Waals surface area contributed by atoms with Crippen LogP contribution in [-0.4, -0.2) is 50.6 Å². The SMILES string of the molecule is CCC(CC)CN(CC(=O)OC)C(=O)CCNC. The summed E-state index contributed by atoms with van der Waals surface area (Å²) >= 11 is 0. The number of ether oxygens (including phenoxy) is 1. The zero-order valence-electron chi connectivity index (χ0n) is 12.0. The Labute approximate surface area is 110 Å². The fourth-order valence-electron chi connectivity index (χ4n) is 1.72. The highest BCUT2D eigenvalue weighted by atomic mass is 16.5. The van der Waals surface area contributed by atoms with Gasteiger partial charge < -0.3 is 15.0 Å². The standard InChI is InChI=1S/C13H26N2O3/c1-5-11(6-2)9-15(10-13(17)18-4)12(16)7-8-14-3/h11,14H,5-10H2,1-4H3. The molecular weight excluding hydrogens is 232 g/mol. The van der Waals surface area contributed by atoms with Crippen molar-refractivity contribution in [3.8, 4) is 0 Å². The van der Waals surface area contributed by atoms with Crippen molar-refractivity contribution in [3.63, 3.8) is 0 Å². The van der Waals surface area contributed by atoms with Crippen molar-refractivity contribution in [1.82, 2.24) is 10.2 Å².